The molecule has 0 bridgehead atoms. The molecule has 0 saturated heterocycles. The van der Waals surface area contributed by atoms with Gasteiger partial charge in [0.05, 0.1) is 11.0 Å². The number of hydrogen-bond acceptors (Lipinski definition) is 1. The Balaban J connectivity index is 1.42. The Morgan fingerprint density at radius 3 is 1.37 bits per heavy atom. The molecule has 0 N–H and O–H groups in total. The largest absolute Gasteiger partial charge is 0.606 e. The zero-order valence-corrected chi connectivity index (χ0v) is 31.0. The van der Waals surface area contributed by atoms with Crippen LogP contribution in [0.25, 0.3) is 71.3 Å². The van der Waals surface area contributed by atoms with Crippen molar-refractivity contribution in [3.63, 3.8) is 0 Å². The van der Waals surface area contributed by atoms with E-state index in [1.54, 1.807) is 0 Å². The molecule has 0 radical (unpaired) electrons. The molecule has 1 unspecified atom stereocenters. The Morgan fingerprint density at radius 1 is 0.389 bits per heavy atom. The van der Waals surface area contributed by atoms with Crippen LogP contribution in [0.2, 0.25) is 0 Å². The average Bonchev–Trinajstić information content (AvgIpc) is 3.27. The fourth-order valence-corrected chi connectivity index (χ4v) is 10.2. The Bertz CT molecular complexity index is 2830. The predicted molar refractivity (Wildman–Crippen MR) is 228 cm³/mol. The monoisotopic (exact) mass is 711 g/mol. The maximum absolute atomic E-state index is 14.1. The van der Waals surface area contributed by atoms with Crippen molar-refractivity contribution in [2.45, 2.75) is 29.1 Å². The molecule has 0 amide bonds. The molecule has 258 valence electrons. The first kappa shape index (κ1) is 32.5. The molecule has 0 aliphatic carbocycles. The van der Waals surface area contributed by atoms with Gasteiger partial charge in [-0.15, -0.1) is 0 Å². The van der Waals surface area contributed by atoms with Crippen LogP contribution in [0.1, 0.15) is 25.0 Å². The van der Waals surface area contributed by atoms with Crippen molar-refractivity contribution in [2.24, 2.45) is 0 Å². The number of rotatable bonds is 3. The molecule has 3 heteroatoms. The molecule has 1 aromatic heterocycles. The van der Waals surface area contributed by atoms with Crippen molar-refractivity contribution in [2.75, 3.05) is 0 Å². The summed E-state index contributed by atoms with van der Waals surface area (Å²) in [5, 5.41) is 7.02. The van der Waals surface area contributed by atoms with Gasteiger partial charge in [-0.1, -0.05) is 153 Å². The van der Waals surface area contributed by atoms with Gasteiger partial charge in [0.2, 0.25) is 0 Å². The first-order valence-corrected chi connectivity index (χ1v) is 19.7. The number of fused-ring (bicyclic) bond motifs is 9. The van der Waals surface area contributed by atoms with Crippen LogP contribution in [0.5, 0.6) is 0 Å². The fourth-order valence-electron chi connectivity index (χ4n) is 8.54. The lowest BCUT2D eigenvalue weighted by Gasteiger charge is -2.34. The van der Waals surface area contributed by atoms with Gasteiger partial charge in [0.15, 0.2) is 9.79 Å². The van der Waals surface area contributed by atoms with Crippen LogP contribution in [-0.2, 0) is 16.6 Å². The van der Waals surface area contributed by atoms with Crippen molar-refractivity contribution in [1.82, 2.24) is 4.57 Å². The Kier molecular flexibility index (Phi) is 7.69. The summed E-state index contributed by atoms with van der Waals surface area (Å²) >= 11 is -1.28. The van der Waals surface area contributed by atoms with Gasteiger partial charge in [-0.25, -0.2) is 0 Å². The van der Waals surface area contributed by atoms with Crippen LogP contribution in [0.3, 0.4) is 0 Å². The molecule has 0 saturated carbocycles. The third kappa shape index (κ3) is 5.15. The van der Waals surface area contributed by atoms with E-state index in [0.717, 1.165) is 59.5 Å². The highest BCUT2D eigenvalue weighted by Crippen LogP contribution is 2.47. The van der Waals surface area contributed by atoms with E-state index < -0.39 is 11.2 Å². The first-order valence-electron chi connectivity index (χ1n) is 18.5. The molecule has 1 aliphatic rings. The SMILES string of the molecule is CC1(C)c2ccccc2[S+]([O-])c2ccc(-n3c4ccc(-c5ccccc5)cc4c4ccccc4c4ccccc4c4cc(-c5ccccc5)ccc43)cc21. The van der Waals surface area contributed by atoms with Gasteiger partial charge in [0, 0.05) is 44.2 Å². The van der Waals surface area contributed by atoms with Gasteiger partial charge in [0.25, 0.3) is 0 Å². The van der Waals surface area contributed by atoms with E-state index in [1.807, 2.05) is 12.1 Å². The van der Waals surface area contributed by atoms with Crippen molar-refractivity contribution in [3.8, 4) is 27.9 Å². The molecule has 1 atom stereocenters. The molecule has 8 aromatic carbocycles. The van der Waals surface area contributed by atoms with Crippen LogP contribution >= 0.6 is 0 Å². The van der Waals surface area contributed by atoms with Crippen molar-refractivity contribution < 1.29 is 4.55 Å². The van der Waals surface area contributed by atoms with E-state index in [4.69, 9.17) is 0 Å². The molecule has 0 spiro atoms. The van der Waals surface area contributed by atoms with E-state index in [-0.39, 0.29) is 5.41 Å². The van der Waals surface area contributed by atoms with Gasteiger partial charge >= 0.3 is 0 Å². The minimum atomic E-state index is -1.28. The quantitative estimate of drug-likeness (QED) is 0.168. The number of aromatic nitrogens is 1. The van der Waals surface area contributed by atoms with Crippen LogP contribution in [-0.4, -0.2) is 9.12 Å². The van der Waals surface area contributed by atoms with Crippen molar-refractivity contribution >= 4 is 54.5 Å². The molecular weight excluding hydrogens is 675 g/mol. The topological polar surface area (TPSA) is 28.0 Å². The number of nitrogens with zero attached hydrogens (tertiary/aromatic N) is 1. The summed E-state index contributed by atoms with van der Waals surface area (Å²) in [6.45, 7) is 4.52. The van der Waals surface area contributed by atoms with E-state index in [2.05, 4.69) is 194 Å². The standard InChI is InChI=1S/C51H37NOS/c1-51(2)45-23-13-14-24-49(45)54(53)50-30-27-38(33-46(50)51)52-47-28-25-36(34-15-5-3-6-16-34)31-43(47)41-21-11-9-19-39(41)40-20-10-12-22-42(40)44-32-37(26-29-48(44)52)35-17-7-4-8-18-35/h3-33H,1-2H3. The van der Waals surface area contributed by atoms with E-state index >= 15 is 0 Å². The Labute approximate surface area is 318 Å². The third-order valence-corrected chi connectivity index (χ3v) is 12.8. The summed E-state index contributed by atoms with van der Waals surface area (Å²) in [6.07, 6.45) is 0. The number of benzene rings is 8. The van der Waals surface area contributed by atoms with E-state index in [0.29, 0.717) is 0 Å². The molecule has 1 aliphatic heterocycles. The summed E-state index contributed by atoms with van der Waals surface area (Å²) in [5.41, 5.74) is 9.71. The molecule has 9 aromatic rings. The van der Waals surface area contributed by atoms with Crippen molar-refractivity contribution in [1.29, 1.82) is 0 Å². The lowest BCUT2D eigenvalue weighted by atomic mass is 9.77. The zero-order valence-electron chi connectivity index (χ0n) is 30.2. The molecule has 0 fully saturated rings. The lowest BCUT2D eigenvalue weighted by Crippen LogP contribution is -2.30. The minimum absolute atomic E-state index is 0.353. The Morgan fingerprint density at radius 2 is 0.833 bits per heavy atom. The fraction of sp³-hybridized carbons (Fsp3) is 0.0588. The highest BCUT2D eigenvalue weighted by molar-refractivity contribution is 7.91. The predicted octanol–water partition coefficient (Wildman–Crippen LogP) is 13.4. The molecule has 2 nitrogen and oxygen atoms in total. The summed E-state index contributed by atoms with van der Waals surface area (Å²) in [6, 6.07) is 67.5. The van der Waals surface area contributed by atoms with Crippen LogP contribution in [0.4, 0.5) is 0 Å². The van der Waals surface area contributed by atoms with Crippen molar-refractivity contribution in [3.05, 3.63) is 199 Å². The summed E-state index contributed by atoms with van der Waals surface area (Å²) in [4.78, 5) is 1.78. The van der Waals surface area contributed by atoms with Gasteiger partial charge in [-0.3, -0.25) is 0 Å². The van der Waals surface area contributed by atoms with Crippen LogP contribution in [0, 0.1) is 0 Å². The summed E-state index contributed by atoms with van der Waals surface area (Å²) in [5.74, 6) is 0. The molecule has 2 heterocycles. The van der Waals surface area contributed by atoms with Gasteiger partial charge in [-0.2, -0.15) is 0 Å². The molecular formula is C51H37NOS. The lowest BCUT2D eigenvalue weighted by molar-refractivity contribution is 0.555. The highest BCUT2D eigenvalue weighted by Gasteiger charge is 2.40. The smallest absolute Gasteiger partial charge is 0.162 e. The molecule has 10 rings (SSSR count). The highest BCUT2D eigenvalue weighted by atomic mass is 32.2. The number of hydrogen-bond donors (Lipinski definition) is 0. The summed E-state index contributed by atoms with van der Waals surface area (Å²) < 4.78 is 16.6. The third-order valence-electron chi connectivity index (χ3n) is 11.3. The second-order valence-electron chi connectivity index (χ2n) is 14.7. The van der Waals surface area contributed by atoms with Gasteiger partial charge in [0.1, 0.15) is 0 Å². The second kappa shape index (κ2) is 12.8. The minimum Gasteiger partial charge on any atom is -0.606 e. The van der Waals surface area contributed by atoms with E-state index in [9.17, 15) is 4.55 Å². The zero-order chi connectivity index (χ0) is 36.4. The summed E-state index contributed by atoms with van der Waals surface area (Å²) in [7, 11) is 0. The second-order valence-corrected chi connectivity index (χ2v) is 16.1. The van der Waals surface area contributed by atoms with Gasteiger partial charge in [-0.05, 0) is 92.3 Å². The maximum Gasteiger partial charge on any atom is 0.162 e. The van der Waals surface area contributed by atoms with Crippen LogP contribution < -0.4 is 0 Å². The molecule has 54 heavy (non-hydrogen) atoms. The van der Waals surface area contributed by atoms with E-state index in [1.165, 1.54) is 32.7 Å². The average molecular weight is 712 g/mol. The maximum atomic E-state index is 14.1. The normalized spacial score (nSPS) is 14.5. The van der Waals surface area contributed by atoms with Gasteiger partial charge < -0.3 is 9.12 Å². The Hall–Kier alpha value is -6.13. The first-order chi connectivity index (χ1) is 26.5. The van der Waals surface area contributed by atoms with Crippen LogP contribution in [0.15, 0.2) is 198 Å².